The van der Waals surface area contributed by atoms with Crippen LogP contribution >= 0.6 is 0 Å². The van der Waals surface area contributed by atoms with Gasteiger partial charge in [-0.2, -0.15) is 0 Å². The highest BCUT2D eigenvalue weighted by atomic mass is 32.2. The molecule has 3 rings (SSSR count). The number of nitrogens with one attached hydrogen (secondary N) is 2. The fourth-order valence-corrected chi connectivity index (χ4v) is 5.10. The third-order valence-corrected chi connectivity index (χ3v) is 8.71. The highest BCUT2D eigenvalue weighted by Crippen LogP contribution is 2.36. The topological polar surface area (TPSA) is 111 Å². The minimum Gasteiger partial charge on any atom is -0.399 e. The SMILES string of the molecule is Cc1ccc(S(=O)(=O)NCCNS(=O)(=O)c2ccc(B3OC(C)(C)C(C)(C)O3)cc2)cc1. The van der Waals surface area contributed by atoms with Gasteiger partial charge in [-0.1, -0.05) is 29.8 Å². The van der Waals surface area contributed by atoms with Crippen molar-refractivity contribution in [1.29, 1.82) is 0 Å². The van der Waals surface area contributed by atoms with Crippen molar-refractivity contribution in [3.8, 4) is 0 Å². The molecule has 0 atom stereocenters. The van der Waals surface area contributed by atoms with Gasteiger partial charge in [0, 0.05) is 13.1 Å². The van der Waals surface area contributed by atoms with Crippen molar-refractivity contribution in [2.75, 3.05) is 13.1 Å². The molecule has 0 saturated carbocycles. The first-order chi connectivity index (χ1) is 14.7. The van der Waals surface area contributed by atoms with E-state index in [1.807, 2.05) is 34.6 Å². The van der Waals surface area contributed by atoms with Gasteiger partial charge in [0.1, 0.15) is 0 Å². The largest absolute Gasteiger partial charge is 0.494 e. The Bertz CT molecular complexity index is 1150. The molecule has 1 saturated heterocycles. The molecule has 0 spiro atoms. The number of benzene rings is 2. The lowest BCUT2D eigenvalue weighted by atomic mass is 9.79. The zero-order valence-electron chi connectivity index (χ0n) is 18.9. The zero-order chi connectivity index (χ0) is 23.8. The van der Waals surface area contributed by atoms with Crippen LogP contribution < -0.4 is 14.9 Å². The summed E-state index contributed by atoms with van der Waals surface area (Å²) in [6.45, 7) is 9.48. The third kappa shape index (κ3) is 5.41. The summed E-state index contributed by atoms with van der Waals surface area (Å²) < 4.78 is 66.4. The first kappa shape index (κ1) is 24.9. The van der Waals surface area contributed by atoms with E-state index >= 15 is 0 Å². The highest BCUT2D eigenvalue weighted by molar-refractivity contribution is 7.89. The quantitative estimate of drug-likeness (QED) is 0.438. The molecule has 2 N–H and O–H groups in total. The van der Waals surface area contributed by atoms with Crippen molar-refractivity contribution < 1.29 is 26.1 Å². The average Bonchev–Trinajstić information content (AvgIpc) is 2.93. The fraction of sp³-hybridized carbons (Fsp3) is 0.429. The van der Waals surface area contributed by atoms with Gasteiger partial charge < -0.3 is 9.31 Å². The molecular weight excluding hydrogens is 451 g/mol. The lowest BCUT2D eigenvalue weighted by Gasteiger charge is -2.32. The summed E-state index contributed by atoms with van der Waals surface area (Å²) in [5, 5.41) is 0. The van der Waals surface area contributed by atoms with E-state index in [0.717, 1.165) is 5.56 Å². The molecule has 0 aromatic heterocycles. The molecule has 8 nitrogen and oxygen atoms in total. The first-order valence-electron chi connectivity index (χ1n) is 10.3. The van der Waals surface area contributed by atoms with Crippen molar-refractivity contribution in [1.82, 2.24) is 9.44 Å². The van der Waals surface area contributed by atoms with Crippen LogP contribution in [0.25, 0.3) is 0 Å². The second kappa shape index (κ2) is 8.88. The molecule has 0 bridgehead atoms. The van der Waals surface area contributed by atoms with E-state index in [1.165, 1.54) is 24.3 Å². The average molecular weight is 480 g/mol. The molecular formula is C21H29BN2O6S2. The van der Waals surface area contributed by atoms with E-state index in [0.29, 0.717) is 5.46 Å². The Morgan fingerprint density at radius 3 is 1.50 bits per heavy atom. The molecule has 11 heteroatoms. The molecule has 174 valence electrons. The first-order valence-corrected chi connectivity index (χ1v) is 13.2. The predicted octanol–water partition coefficient (Wildman–Crippen LogP) is 1.55. The smallest absolute Gasteiger partial charge is 0.399 e. The van der Waals surface area contributed by atoms with Gasteiger partial charge in [0.15, 0.2) is 0 Å². The number of hydrogen-bond acceptors (Lipinski definition) is 6. The van der Waals surface area contributed by atoms with Crippen molar-refractivity contribution >= 4 is 32.6 Å². The minimum atomic E-state index is -3.80. The Morgan fingerprint density at radius 2 is 1.09 bits per heavy atom. The van der Waals surface area contributed by atoms with E-state index in [9.17, 15) is 16.8 Å². The van der Waals surface area contributed by atoms with E-state index in [4.69, 9.17) is 9.31 Å². The monoisotopic (exact) mass is 480 g/mol. The van der Waals surface area contributed by atoms with Gasteiger partial charge in [0.2, 0.25) is 20.0 Å². The van der Waals surface area contributed by atoms with Crippen molar-refractivity contribution in [3.05, 3.63) is 54.1 Å². The van der Waals surface area contributed by atoms with Crippen LogP contribution in [0.3, 0.4) is 0 Å². The van der Waals surface area contributed by atoms with Gasteiger partial charge in [-0.25, -0.2) is 26.3 Å². The van der Waals surface area contributed by atoms with Gasteiger partial charge in [-0.15, -0.1) is 0 Å². The highest BCUT2D eigenvalue weighted by Gasteiger charge is 2.51. The van der Waals surface area contributed by atoms with E-state index in [-0.39, 0.29) is 22.9 Å². The molecule has 2 aromatic carbocycles. The van der Waals surface area contributed by atoms with Gasteiger partial charge >= 0.3 is 7.12 Å². The lowest BCUT2D eigenvalue weighted by molar-refractivity contribution is 0.00578. The van der Waals surface area contributed by atoms with E-state index in [2.05, 4.69) is 9.44 Å². The second-order valence-corrected chi connectivity index (χ2v) is 12.3. The molecule has 1 aliphatic rings. The Hall–Kier alpha value is -1.76. The third-order valence-electron chi connectivity index (χ3n) is 5.76. The summed E-state index contributed by atoms with van der Waals surface area (Å²) in [5.74, 6) is 0. The summed E-state index contributed by atoms with van der Waals surface area (Å²) in [6, 6.07) is 12.6. The number of hydrogen-bond donors (Lipinski definition) is 2. The minimum absolute atomic E-state index is 0.0687. The van der Waals surface area contributed by atoms with Crippen LogP contribution in [-0.4, -0.2) is 48.2 Å². The molecule has 2 aromatic rings. The number of aryl methyl sites for hydroxylation is 1. The maximum atomic E-state index is 12.6. The molecule has 0 radical (unpaired) electrons. The predicted molar refractivity (Wildman–Crippen MR) is 124 cm³/mol. The van der Waals surface area contributed by atoms with Gasteiger partial charge in [0.25, 0.3) is 0 Å². The Morgan fingerprint density at radius 1 is 0.719 bits per heavy atom. The van der Waals surface area contributed by atoms with Crippen LogP contribution in [0.2, 0.25) is 0 Å². The molecule has 0 amide bonds. The molecule has 0 unspecified atom stereocenters. The molecule has 32 heavy (non-hydrogen) atoms. The summed E-state index contributed by atoms with van der Waals surface area (Å²) >= 11 is 0. The normalized spacial score (nSPS) is 18.1. The van der Waals surface area contributed by atoms with Gasteiger partial charge in [-0.3, -0.25) is 0 Å². The Balaban J connectivity index is 1.57. The molecule has 1 aliphatic heterocycles. The fourth-order valence-electron chi connectivity index (χ4n) is 3.04. The van der Waals surface area contributed by atoms with Crippen molar-refractivity contribution in [3.63, 3.8) is 0 Å². The Labute approximate surface area is 191 Å². The van der Waals surface area contributed by atoms with Crippen LogP contribution in [0.4, 0.5) is 0 Å². The van der Waals surface area contributed by atoms with Gasteiger partial charge in [-0.05, 0) is 64.3 Å². The maximum Gasteiger partial charge on any atom is 0.494 e. The van der Waals surface area contributed by atoms with Crippen LogP contribution in [0.15, 0.2) is 58.3 Å². The maximum absolute atomic E-state index is 12.6. The van der Waals surface area contributed by atoms with E-state index < -0.39 is 38.4 Å². The van der Waals surface area contributed by atoms with Crippen LogP contribution in [-0.2, 0) is 29.4 Å². The summed E-state index contributed by atoms with van der Waals surface area (Å²) in [6.07, 6.45) is 0. The molecule has 1 heterocycles. The molecule has 0 aliphatic carbocycles. The zero-order valence-corrected chi connectivity index (χ0v) is 20.5. The van der Waals surface area contributed by atoms with Crippen LogP contribution in [0.5, 0.6) is 0 Å². The molecule has 1 fully saturated rings. The van der Waals surface area contributed by atoms with Crippen molar-refractivity contribution in [2.24, 2.45) is 0 Å². The number of sulfonamides is 2. The summed E-state index contributed by atoms with van der Waals surface area (Å²) in [4.78, 5) is 0.198. The number of rotatable bonds is 8. The lowest BCUT2D eigenvalue weighted by Crippen LogP contribution is -2.41. The standard InChI is InChI=1S/C21H29BN2O6S2/c1-16-6-10-18(11-7-16)31(25,26)23-14-15-24-32(27,28)19-12-8-17(9-13-19)22-29-20(2,3)21(4,5)30-22/h6-13,23-24H,14-15H2,1-5H3. The van der Waals surface area contributed by atoms with Gasteiger partial charge in [0.05, 0.1) is 21.0 Å². The second-order valence-electron chi connectivity index (χ2n) is 8.77. The van der Waals surface area contributed by atoms with Crippen molar-refractivity contribution in [2.45, 2.75) is 55.6 Å². The van der Waals surface area contributed by atoms with Crippen LogP contribution in [0.1, 0.15) is 33.3 Å². The Kier molecular flexibility index (Phi) is 6.91. The van der Waals surface area contributed by atoms with E-state index in [1.54, 1.807) is 24.3 Å². The van der Waals surface area contributed by atoms with Crippen LogP contribution in [0, 0.1) is 6.92 Å². The summed E-state index contributed by atoms with van der Waals surface area (Å²) in [7, 11) is -8.09. The summed E-state index contributed by atoms with van der Waals surface area (Å²) in [5.41, 5.74) is 0.681.